The number of aryl methyl sites for hydroxylation is 1. The fraction of sp³-hybridized carbons (Fsp3) is 0.538. The number of anilines is 1. The van der Waals surface area contributed by atoms with Gasteiger partial charge in [-0.25, -0.2) is 8.42 Å². The zero-order chi connectivity index (χ0) is 14.9. The number of benzene rings is 1. The van der Waals surface area contributed by atoms with Crippen LogP contribution in [0.1, 0.15) is 12.0 Å². The minimum Gasteiger partial charge on any atom is -0.369 e. The molecule has 0 aromatic heterocycles. The van der Waals surface area contributed by atoms with E-state index in [2.05, 4.69) is 0 Å². The van der Waals surface area contributed by atoms with E-state index in [-0.39, 0.29) is 23.1 Å². The Morgan fingerprint density at radius 3 is 2.70 bits per heavy atom. The third-order valence-corrected chi connectivity index (χ3v) is 5.43. The van der Waals surface area contributed by atoms with Gasteiger partial charge in [0.25, 0.3) is 5.69 Å². The predicted molar refractivity (Wildman–Crippen MR) is 77.9 cm³/mol. The van der Waals surface area contributed by atoms with Crippen molar-refractivity contribution in [2.45, 2.75) is 13.3 Å². The maximum Gasteiger partial charge on any atom is 0.292 e. The van der Waals surface area contributed by atoms with Crippen LogP contribution in [-0.4, -0.2) is 38.4 Å². The summed E-state index contributed by atoms with van der Waals surface area (Å²) in [5.41, 5.74) is 1.43. The molecule has 1 saturated heterocycles. The minimum atomic E-state index is -2.92. The van der Waals surface area contributed by atoms with Crippen molar-refractivity contribution in [2.75, 3.05) is 30.0 Å². The number of hydrogen-bond donors (Lipinski definition) is 0. The Hall–Kier alpha value is -1.63. The third-order valence-electron chi connectivity index (χ3n) is 3.60. The van der Waals surface area contributed by atoms with E-state index >= 15 is 0 Å². The molecule has 20 heavy (non-hydrogen) atoms. The van der Waals surface area contributed by atoms with Crippen LogP contribution < -0.4 is 4.90 Å². The van der Waals surface area contributed by atoms with E-state index in [1.165, 1.54) is 6.07 Å². The molecule has 1 fully saturated rings. The first-order valence-electron chi connectivity index (χ1n) is 6.45. The lowest BCUT2D eigenvalue weighted by atomic mass is 10.1. The van der Waals surface area contributed by atoms with Gasteiger partial charge in [0.05, 0.1) is 16.4 Å². The van der Waals surface area contributed by atoms with Gasteiger partial charge in [-0.1, -0.05) is 6.07 Å². The Bertz CT molecular complexity index is 627. The van der Waals surface area contributed by atoms with Crippen LogP contribution in [0.4, 0.5) is 11.4 Å². The monoisotopic (exact) mass is 298 g/mol. The van der Waals surface area contributed by atoms with Crippen molar-refractivity contribution < 1.29 is 13.3 Å². The van der Waals surface area contributed by atoms with Crippen molar-refractivity contribution in [2.24, 2.45) is 5.92 Å². The van der Waals surface area contributed by atoms with Crippen molar-refractivity contribution in [3.8, 4) is 0 Å². The van der Waals surface area contributed by atoms with Gasteiger partial charge in [0.2, 0.25) is 0 Å². The van der Waals surface area contributed by atoms with Gasteiger partial charge < -0.3 is 4.90 Å². The van der Waals surface area contributed by atoms with Crippen LogP contribution in [0.15, 0.2) is 18.2 Å². The molecule has 0 radical (unpaired) electrons. The number of nitro benzene ring substituents is 1. The molecular formula is C13H18N2O4S. The summed E-state index contributed by atoms with van der Waals surface area (Å²) in [7, 11) is -1.15. The van der Waals surface area contributed by atoms with Gasteiger partial charge in [-0.15, -0.1) is 0 Å². The predicted octanol–water partition coefficient (Wildman–Crippen LogP) is 1.77. The molecule has 1 atom stereocenters. The van der Waals surface area contributed by atoms with Crippen LogP contribution in [-0.2, 0) is 9.84 Å². The molecule has 1 aromatic rings. The molecule has 6 nitrogen and oxygen atoms in total. The highest BCUT2D eigenvalue weighted by Gasteiger charge is 2.29. The van der Waals surface area contributed by atoms with Crippen LogP contribution in [0.3, 0.4) is 0 Å². The lowest BCUT2D eigenvalue weighted by Gasteiger charge is -2.22. The van der Waals surface area contributed by atoms with E-state index in [1.807, 2.05) is 6.07 Å². The molecule has 1 aromatic carbocycles. The van der Waals surface area contributed by atoms with Gasteiger partial charge >= 0.3 is 0 Å². The first-order valence-corrected chi connectivity index (χ1v) is 8.27. The van der Waals surface area contributed by atoms with Crippen molar-refractivity contribution in [3.63, 3.8) is 0 Å². The number of sulfone groups is 1. The number of nitrogens with zero attached hydrogens (tertiary/aromatic N) is 2. The zero-order valence-electron chi connectivity index (χ0n) is 11.6. The van der Waals surface area contributed by atoms with Gasteiger partial charge in [-0.3, -0.25) is 10.1 Å². The SMILES string of the molecule is Cc1ccc(N(C)C[C@H]2CCS(=O)(=O)C2)c([N+](=O)[O-])c1. The third kappa shape index (κ3) is 3.27. The molecule has 0 spiro atoms. The highest BCUT2D eigenvalue weighted by atomic mass is 32.2. The molecule has 0 aliphatic carbocycles. The Balaban J connectivity index is 2.17. The first-order chi connectivity index (χ1) is 9.28. The minimum absolute atomic E-state index is 0.0471. The number of nitro groups is 1. The maximum absolute atomic E-state index is 11.5. The quantitative estimate of drug-likeness (QED) is 0.625. The van der Waals surface area contributed by atoms with Crippen molar-refractivity contribution in [1.29, 1.82) is 0 Å². The Morgan fingerprint density at radius 2 is 2.15 bits per heavy atom. The van der Waals surface area contributed by atoms with E-state index < -0.39 is 14.8 Å². The van der Waals surface area contributed by atoms with Crippen molar-refractivity contribution in [1.82, 2.24) is 0 Å². The molecule has 0 N–H and O–H groups in total. The topological polar surface area (TPSA) is 80.5 Å². The van der Waals surface area contributed by atoms with Gasteiger partial charge in [-0.05, 0) is 30.9 Å². The van der Waals surface area contributed by atoms with E-state index in [4.69, 9.17) is 0 Å². The van der Waals surface area contributed by atoms with E-state index in [0.29, 0.717) is 18.7 Å². The Labute approximate surface area is 118 Å². The summed E-state index contributed by atoms with van der Waals surface area (Å²) < 4.78 is 22.9. The van der Waals surface area contributed by atoms with Gasteiger partial charge in [0.1, 0.15) is 5.69 Å². The van der Waals surface area contributed by atoms with Gasteiger partial charge in [0, 0.05) is 19.7 Å². The summed E-state index contributed by atoms with van der Waals surface area (Å²) >= 11 is 0. The summed E-state index contributed by atoms with van der Waals surface area (Å²) in [4.78, 5) is 12.5. The summed E-state index contributed by atoms with van der Waals surface area (Å²) in [6.45, 7) is 2.32. The van der Waals surface area contributed by atoms with Crippen LogP contribution in [0.5, 0.6) is 0 Å². The molecule has 1 heterocycles. The van der Waals surface area contributed by atoms with Crippen LogP contribution in [0.25, 0.3) is 0 Å². The smallest absolute Gasteiger partial charge is 0.292 e. The largest absolute Gasteiger partial charge is 0.369 e. The molecule has 0 saturated carbocycles. The van der Waals surface area contributed by atoms with Gasteiger partial charge in [0.15, 0.2) is 9.84 Å². The standard InChI is InChI=1S/C13H18N2O4S/c1-10-3-4-12(13(7-10)15(16)17)14(2)8-11-5-6-20(18,19)9-11/h3-4,7,11H,5-6,8-9H2,1-2H3/t11-/m1/s1. The molecule has 1 aliphatic rings. The van der Waals surface area contributed by atoms with Gasteiger partial charge in [-0.2, -0.15) is 0 Å². The highest BCUT2D eigenvalue weighted by molar-refractivity contribution is 7.91. The molecule has 110 valence electrons. The fourth-order valence-electron chi connectivity index (χ4n) is 2.60. The second kappa shape index (κ2) is 5.40. The fourth-order valence-corrected chi connectivity index (χ4v) is 4.45. The summed E-state index contributed by atoms with van der Waals surface area (Å²) in [5, 5.41) is 11.1. The lowest BCUT2D eigenvalue weighted by Crippen LogP contribution is -2.26. The second-order valence-corrected chi connectivity index (χ2v) is 7.63. The number of hydrogen-bond acceptors (Lipinski definition) is 5. The van der Waals surface area contributed by atoms with Crippen LogP contribution in [0, 0.1) is 23.0 Å². The van der Waals surface area contributed by atoms with E-state index in [1.54, 1.807) is 24.9 Å². The average molecular weight is 298 g/mol. The molecule has 0 bridgehead atoms. The van der Waals surface area contributed by atoms with Crippen LogP contribution >= 0.6 is 0 Å². The highest BCUT2D eigenvalue weighted by Crippen LogP contribution is 2.30. The average Bonchev–Trinajstić information content (AvgIpc) is 2.68. The lowest BCUT2D eigenvalue weighted by molar-refractivity contribution is -0.384. The first kappa shape index (κ1) is 14.8. The molecule has 0 amide bonds. The van der Waals surface area contributed by atoms with Crippen LogP contribution in [0.2, 0.25) is 0 Å². The molecule has 0 unspecified atom stereocenters. The van der Waals surface area contributed by atoms with Crippen molar-refractivity contribution >= 4 is 21.2 Å². The molecule has 2 rings (SSSR count). The normalized spacial score (nSPS) is 20.8. The van der Waals surface area contributed by atoms with E-state index in [0.717, 1.165) is 5.56 Å². The molecule has 7 heteroatoms. The molecular weight excluding hydrogens is 280 g/mol. The van der Waals surface area contributed by atoms with Crippen molar-refractivity contribution in [3.05, 3.63) is 33.9 Å². The summed E-state index contributed by atoms with van der Waals surface area (Å²) in [6, 6.07) is 5.08. The Morgan fingerprint density at radius 1 is 1.45 bits per heavy atom. The zero-order valence-corrected chi connectivity index (χ0v) is 12.4. The molecule has 1 aliphatic heterocycles. The summed E-state index contributed by atoms with van der Waals surface area (Å²) in [6.07, 6.45) is 0.631. The second-order valence-electron chi connectivity index (χ2n) is 5.40. The Kier molecular flexibility index (Phi) is 3.99. The maximum atomic E-state index is 11.5. The van der Waals surface area contributed by atoms with E-state index in [9.17, 15) is 18.5 Å². The number of rotatable bonds is 4. The summed E-state index contributed by atoms with van der Waals surface area (Å²) in [5.74, 6) is 0.448.